The van der Waals surface area contributed by atoms with Crippen molar-refractivity contribution in [2.75, 3.05) is 0 Å². The zero-order valence-electron chi connectivity index (χ0n) is 9.46. The summed E-state index contributed by atoms with van der Waals surface area (Å²) >= 11 is 0. The molecule has 8 nitrogen and oxygen atoms in total. The molecule has 0 heterocycles. The fourth-order valence-electron chi connectivity index (χ4n) is 1.44. The van der Waals surface area contributed by atoms with Gasteiger partial charge in [0.25, 0.3) is 5.41 Å². The molecule has 102 valence electrons. The number of carboxylic acid groups (broad SMARTS) is 4. The molecule has 18 heavy (non-hydrogen) atoms. The van der Waals surface area contributed by atoms with Gasteiger partial charge in [-0.15, -0.1) is 0 Å². The van der Waals surface area contributed by atoms with Gasteiger partial charge in [-0.2, -0.15) is 0 Å². The molecule has 0 aromatic heterocycles. The molecule has 8 heteroatoms. The molecule has 0 bridgehead atoms. The highest BCUT2D eigenvalue weighted by Crippen LogP contribution is 2.27. The van der Waals surface area contributed by atoms with Gasteiger partial charge in [0.1, 0.15) is 0 Å². The first-order valence-corrected chi connectivity index (χ1v) is 5.17. The van der Waals surface area contributed by atoms with Crippen molar-refractivity contribution in [3.63, 3.8) is 0 Å². The monoisotopic (exact) mass is 262 g/mol. The molecule has 0 amide bonds. The standard InChI is InChI=1S/C10H14O8/c11-6(12)4-2-1-3-5-10(7(13)14,8(15)16)9(17)18/h1-5H2,(H,11,12)(H,13,14)(H,15,16)(H,17,18). The average molecular weight is 262 g/mol. The lowest BCUT2D eigenvalue weighted by atomic mass is 9.82. The van der Waals surface area contributed by atoms with E-state index in [0.29, 0.717) is 0 Å². The van der Waals surface area contributed by atoms with Crippen LogP contribution in [0.15, 0.2) is 0 Å². The predicted octanol–water partition coefficient (Wildman–Crippen LogP) is 0.262. The summed E-state index contributed by atoms with van der Waals surface area (Å²) in [5.74, 6) is -6.81. The van der Waals surface area contributed by atoms with Gasteiger partial charge < -0.3 is 20.4 Å². The van der Waals surface area contributed by atoms with E-state index in [2.05, 4.69) is 0 Å². The lowest BCUT2D eigenvalue weighted by molar-refractivity contribution is -0.176. The summed E-state index contributed by atoms with van der Waals surface area (Å²) in [5, 5.41) is 34.6. The Bertz CT molecular complexity index is 323. The van der Waals surface area contributed by atoms with Gasteiger partial charge in [-0.1, -0.05) is 12.8 Å². The van der Waals surface area contributed by atoms with Crippen LogP contribution in [0.25, 0.3) is 0 Å². The van der Waals surface area contributed by atoms with Crippen molar-refractivity contribution in [3.8, 4) is 0 Å². The average Bonchev–Trinajstić information content (AvgIpc) is 2.20. The molecule has 0 saturated heterocycles. The highest BCUT2D eigenvalue weighted by Gasteiger charge is 2.53. The molecule has 4 N–H and O–H groups in total. The van der Waals surface area contributed by atoms with Crippen LogP contribution in [0.5, 0.6) is 0 Å². The first-order chi connectivity index (χ1) is 8.25. The highest BCUT2D eigenvalue weighted by molar-refractivity contribution is 6.16. The second kappa shape index (κ2) is 6.58. The van der Waals surface area contributed by atoms with Crippen LogP contribution in [-0.2, 0) is 19.2 Å². The number of aliphatic carboxylic acids is 4. The third-order valence-electron chi connectivity index (χ3n) is 2.54. The summed E-state index contributed by atoms with van der Waals surface area (Å²) in [6.45, 7) is 0. The molecule has 0 aromatic rings. The van der Waals surface area contributed by atoms with Gasteiger partial charge in [0, 0.05) is 6.42 Å². The molecule has 0 fully saturated rings. The van der Waals surface area contributed by atoms with Crippen molar-refractivity contribution in [3.05, 3.63) is 0 Å². The second-order valence-corrected chi connectivity index (χ2v) is 3.78. The Hall–Kier alpha value is -2.12. The number of carboxylic acids is 4. The van der Waals surface area contributed by atoms with E-state index in [-0.39, 0.29) is 25.7 Å². The first-order valence-electron chi connectivity index (χ1n) is 5.17. The molecular weight excluding hydrogens is 248 g/mol. The van der Waals surface area contributed by atoms with Gasteiger partial charge in [-0.25, -0.2) is 0 Å². The van der Waals surface area contributed by atoms with Gasteiger partial charge in [-0.3, -0.25) is 19.2 Å². The van der Waals surface area contributed by atoms with E-state index in [1.54, 1.807) is 0 Å². The summed E-state index contributed by atoms with van der Waals surface area (Å²) in [4.78, 5) is 42.7. The van der Waals surface area contributed by atoms with Gasteiger partial charge in [-0.05, 0) is 12.8 Å². The minimum Gasteiger partial charge on any atom is -0.481 e. The van der Waals surface area contributed by atoms with Crippen molar-refractivity contribution in [1.29, 1.82) is 0 Å². The number of rotatable bonds is 9. The van der Waals surface area contributed by atoms with Crippen LogP contribution >= 0.6 is 0 Å². The Balaban J connectivity index is 4.53. The van der Waals surface area contributed by atoms with Crippen molar-refractivity contribution in [2.45, 2.75) is 32.1 Å². The Morgan fingerprint density at radius 2 is 1.17 bits per heavy atom. The zero-order valence-corrected chi connectivity index (χ0v) is 9.46. The van der Waals surface area contributed by atoms with E-state index in [0.717, 1.165) is 0 Å². The van der Waals surface area contributed by atoms with Crippen molar-refractivity contribution in [1.82, 2.24) is 0 Å². The van der Waals surface area contributed by atoms with Gasteiger partial charge in [0.2, 0.25) is 0 Å². The largest absolute Gasteiger partial charge is 0.481 e. The highest BCUT2D eigenvalue weighted by atomic mass is 16.4. The second-order valence-electron chi connectivity index (χ2n) is 3.78. The maximum atomic E-state index is 10.8. The number of hydrogen-bond donors (Lipinski definition) is 4. The van der Waals surface area contributed by atoms with Crippen LogP contribution < -0.4 is 0 Å². The van der Waals surface area contributed by atoms with E-state index < -0.39 is 35.7 Å². The predicted molar refractivity (Wildman–Crippen MR) is 56.1 cm³/mol. The van der Waals surface area contributed by atoms with Gasteiger partial charge in [0.15, 0.2) is 0 Å². The molecule has 0 rings (SSSR count). The number of carbonyl (C=O) groups is 4. The molecule has 0 radical (unpaired) electrons. The Labute approximate surface area is 102 Å². The zero-order chi connectivity index (χ0) is 14.3. The van der Waals surface area contributed by atoms with Crippen molar-refractivity contribution < 1.29 is 39.6 Å². The smallest absolute Gasteiger partial charge is 0.332 e. The summed E-state index contributed by atoms with van der Waals surface area (Å²) in [7, 11) is 0. The van der Waals surface area contributed by atoms with Gasteiger partial charge in [0.05, 0.1) is 0 Å². The fourth-order valence-corrected chi connectivity index (χ4v) is 1.44. The molecule has 0 atom stereocenters. The molecule has 0 saturated carbocycles. The van der Waals surface area contributed by atoms with E-state index in [9.17, 15) is 19.2 Å². The normalized spacial score (nSPS) is 10.9. The fraction of sp³-hybridized carbons (Fsp3) is 0.600. The maximum Gasteiger partial charge on any atom is 0.332 e. The number of unbranched alkanes of at least 4 members (excludes halogenated alkanes) is 2. The minimum atomic E-state index is -2.86. The summed E-state index contributed by atoms with van der Waals surface area (Å²) < 4.78 is 0. The molecule has 0 spiro atoms. The van der Waals surface area contributed by atoms with E-state index >= 15 is 0 Å². The lowest BCUT2D eigenvalue weighted by Crippen LogP contribution is -2.46. The van der Waals surface area contributed by atoms with Crippen molar-refractivity contribution >= 4 is 23.9 Å². The first kappa shape index (κ1) is 15.9. The molecule has 0 unspecified atom stereocenters. The van der Waals surface area contributed by atoms with Crippen LogP contribution in [0, 0.1) is 5.41 Å². The SMILES string of the molecule is O=C(O)CCCCCC(C(=O)O)(C(=O)O)C(=O)O. The van der Waals surface area contributed by atoms with Crippen LogP contribution in [0.2, 0.25) is 0 Å². The van der Waals surface area contributed by atoms with Crippen LogP contribution in [0.4, 0.5) is 0 Å². The quantitative estimate of drug-likeness (QED) is 0.341. The Morgan fingerprint density at radius 1 is 0.722 bits per heavy atom. The molecule has 0 aliphatic heterocycles. The number of hydrogen-bond acceptors (Lipinski definition) is 4. The van der Waals surface area contributed by atoms with E-state index in [4.69, 9.17) is 20.4 Å². The summed E-state index contributed by atoms with van der Waals surface area (Å²) in [5.41, 5.74) is -2.86. The van der Waals surface area contributed by atoms with Gasteiger partial charge >= 0.3 is 23.9 Å². The third kappa shape index (κ3) is 3.72. The third-order valence-corrected chi connectivity index (χ3v) is 2.54. The van der Waals surface area contributed by atoms with E-state index in [1.807, 2.05) is 0 Å². The topological polar surface area (TPSA) is 149 Å². The molecule has 0 aliphatic rings. The maximum absolute atomic E-state index is 10.8. The molecule has 0 aromatic carbocycles. The lowest BCUT2D eigenvalue weighted by Gasteiger charge is -2.19. The van der Waals surface area contributed by atoms with Crippen LogP contribution in [0.3, 0.4) is 0 Å². The summed E-state index contributed by atoms with van der Waals surface area (Å²) in [6.07, 6.45) is -0.197. The van der Waals surface area contributed by atoms with E-state index in [1.165, 1.54) is 0 Å². The summed E-state index contributed by atoms with van der Waals surface area (Å²) in [6, 6.07) is 0. The van der Waals surface area contributed by atoms with Crippen molar-refractivity contribution in [2.24, 2.45) is 5.41 Å². The minimum absolute atomic E-state index is 0.0121. The van der Waals surface area contributed by atoms with Crippen LogP contribution in [0.1, 0.15) is 32.1 Å². The van der Waals surface area contributed by atoms with Crippen LogP contribution in [-0.4, -0.2) is 44.3 Å². The Morgan fingerprint density at radius 3 is 1.50 bits per heavy atom. The Kier molecular flexibility index (Phi) is 5.80. The molecule has 0 aliphatic carbocycles. The molecular formula is C10H14O8.